The lowest BCUT2D eigenvalue weighted by Gasteiger charge is -2.61. The number of ether oxygens (including phenoxy) is 3. The van der Waals surface area contributed by atoms with Crippen molar-refractivity contribution in [1.29, 1.82) is 0 Å². The zero-order valence-corrected chi connectivity index (χ0v) is 21.6. The van der Waals surface area contributed by atoms with Gasteiger partial charge in [0.2, 0.25) is 0 Å². The van der Waals surface area contributed by atoms with Gasteiger partial charge >= 0.3 is 5.97 Å². The SMILES string of the molecule is CC(=O)O[C@@H]1CC[C@@]2(C)[C@H](CC[C@H]3[C@H]2CC[C@]2(C)[C@H]4[C@H](C[C@H]32)O[C@]2(CC[C@H](C)CO2)[C@H]4C)C1. The fourth-order valence-electron chi connectivity index (χ4n) is 10.6. The molecule has 33 heavy (non-hydrogen) atoms. The summed E-state index contributed by atoms with van der Waals surface area (Å²) in [6.07, 6.45) is 12.9. The van der Waals surface area contributed by atoms with Gasteiger partial charge in [-0.1, -0.05) is 27.7 Å². The van der Waals surface area contributed by atoms with Crippen LogP contribution in [-0.2, 0) is 19.0 Å². The highest BCUT2D eigenvalue weighted by atomic mass is 16.7. The number of hydrogen-bond donors (Lipinski definition) is 0. The van der Waals surface area contributed by atoms with Crippen molar-refractivity contribution in [1.82, 2.24) is 0 Å². The number of hydrogen-bond acceptors (Lipinski definition) is 4. The molecule has 186 valence electrons. The van der Waals surface area contributed by atoms with Crippen LogP contribution in [-0.4, -0.2) is 30.6 Å². The van der Waals surface area contributed by atoms with Crippen LogP contribution in [0.4, 0.5) is 0 Å². The maximum Gasteiger partial charge on any atom is 0.302 e. The summed E-state index contributed by atoms with van der Waals surface area (Å²) in [6.45, 7) is 12.4. The van der Waals surface area contributed by atoms with Gasteiger partial charge in [-0.25, -0.2) is 0 Å². The van der Waals surface area contributed by atoms with Gasteiger partial charge < -0.3 is 14.2 Å². The first-order valence-electron chi connectivity index (χ1n) is 14.2. The Morgan fingerprint density at radius 2 is 1.70 bits per heavy atom. The normalized spacial score (nSPS) is 57.7. The van der Waals surface area contributed by atoms with E-state index >= 15 is 0 Å². The number of rotatable bonds is 1. The van der Waals surface area contributed by atoms with Crippen LogP contribution in [0.25, 0.3) is 0 Å². The Balaban J connectivity index is 1.21. The van der Waals surface area contributed by atoms with Crippen LogP contribution in [0, 0.1) is 52.3 Å². The molecule has 4 aliphatic carbocycles. The lowest BCUT2D eigenvalue weighted by molar-refractivity contribution is -0.273. The number of fused-ring (bicyclic) bond motifs is 7. The highest BCUT2D eigenvalue weighted by Gasteiger charge is 2.69. The van der Waals surface area contributed by atoms with Crippen molar-refractivity contribution in [3.8, 4) is 0 Å². The van der Waals surface area contributed by atoms with Gasteiger partial charge in [0.1, 0.15) is 6.10 Å². The van der Waals surface area contributed by atoms with Crippen molar-refractivity contribution in [3.63, 3.8) is 0 Å². The minimum Gasteiger partial charge on any atom is -0.463 e. The molecule has 2 heterocycles. The van der Waals surface area contributed by atoms with Crippen LogP contribution in [0.2, 0.25) is 0 Å². The van der Waals surface area contributed by atoms with Crippen LogP contribution in [0.5, 0.6) is 0 Å². The van der Waals surface area contributed by atoms with Crippen LogP contribution >= 0.6 is 0 Å². The average molecular weight is 459 g/mol. The fraction of sp³-hybridized carbons (Fsp3) is 0.966. The molecule has 6 rings (SSSR count). The topological polar surface area (TPSA) is 44.8 Å². The van der Waals surface area contributed by atoms with Crippen molar-refractivity contribution in [2.75, 3.05) is 6.61 Å². The molecule has 6 aliphatic rings. The largest absolute Gasteiger partial charge is 0.463 e. The molecule has 2 saturated heterocycles. The second-order valence-electron chi connectivity index (χ2n) is 13.7. The van der Waals surface area contributed by atoms with Crippen LogP contribution in [0.1, 0.15) is 98.8 Å². The Hall–Kier alpha value is -0.610. The average Bonchev–Trinajstić information content (AvgIpc) is 3.21. The smallest absolute Gasteiger partial charge is 0.302 e. The fourth-order valence-corrected chi connectivity index (χ4v) is 10.6. The molecule has 0 unspecified atom stereocenters. The molecule has 0 bridgehead atoms. The Labute approximate surface area is 200 Å². The zero-order valence-electron chi connectivity index (χ0n) is 21.6. The number of carbonyl (C=O) groups is 1. The van der Waals surface area contributed by atoms with Crippen LogP contribution in [0.15, 0.2) is 0 Å². The maximum atomic E-state index is 11.5. The zero-order chi connectivity index (χ0) is 23.2. The Kier molecular flexibility index (Phi) is 5.32. The summed E-state index contributed by atoms with van der Waals surface area (Å²) in [4.78, 5) is 11.5. The first-order valence-corrected chi connectivity index (χ1v) is 14.2. The molecule has 0 aromatic heterocycles. The first kappa shape index (κ1) is 22.8. The first-order chi connectivity index (χ1) is 15.7. The summed E-state index contributed by atoms with van der Waals surface area (Å²) in [5.74, 6) is 4.63. The van der Waals surface area contributed by atoms with E-state index in [1.807, 2.05) is 0 Å². The van der Waals surface area contributed by atoms with E-state index < -0.39 is 0 Å². The molecule has 0 N–H and O–H groups in total. The lowest BCUT2D eigenvalue weighted by atomic mass is 9.44. The third-order valence-corrected chi connectivity index (χ3v) is 12.2. The summed E-state index contributed by atoms with van der Waals surface area (Å²) in [6, 6.07) is 0. The molecular weight excluding hydrogens is 412 g/mol. The van der Waals surface area contributed by atoms with E-state index in [0.29, 0.717) is 34.7 Å². The molecule has 4 nitrogen and oxygen atoms in total. The van der Waals surface area contributed by atoms with E-state index in [4.69, 9.17) is 14.2 Å². The van der Waals surface area contributed by atoms with Gasteiger partial charge in [0, 0.05) is 19.3 Å². The van der Waals surface area contributed by atoms with Crippen LogP contribution in [0.3, 0.4) is 0 Å². The van der Waals surface area contributed by atoms with Crippen molar-refractivity contribution < 1.29 is 19.0 Å². The van der Waals surface area contributed by atoms with Gasteiger partial charge in [0.15, 0.2) is 5.79 Å². The third kappa shape index (κ3) is 3.25. The minimum absolute atomic E-state index is 0.105. The van der Waals surface area contributed by atoms with E-state index in [1.54, 1.807) is 6.92 Å². The summed E-state index contributed by atoms with van der Waals surface area (Å²) >= 11 is 0. The Morgan fingerprint density at radius 1 is 0.909 bits per heavy atom. The predicted molar refractivity (Wildman–Crippen MR) is 127 cm³/mol. The van der Waals surface area contributed by atoms with Gasteiger partial charge in [-0.2, -0.15) is 0 Å². The molecule has 2 aliphatic heterocycles. The molecule has 0 amide bonds. The second-order valence-corrected chi connectivity index (χ2v) is 13.7. The maximum absolute atomic E-state index is 11.5. The standard InChI is InChI=1S/C29H46O4/c1-17-8-13-29(31-16-17)18(2)26-25(33-29)15-24-22-7-6-20-14-21(32-19(3)30)9-11-27(20,4)23(22)10-12-28(24,26)5/h17-18,20-26H,6-16H2,1-5H3/t17-,18-,20+,21+,22-,23+,24+,25-,26+,27-,28-,29+/m0/s1. The van der Waals surface area contributed by atoms with E-state index in [9.17, 15) is 4.79 Å². The second kappa shape index (κ2) is 7.69. The van der Waals surface area contributed by atoms with Crippen molar-refractivity contribution >= 4 is 5.97 Å². The summed E-state index contributed by atoms with van der Waals surface area (Å²) < 4.78 is 19.1. The van der Waals surface area contributed by atoms with Gasteiger partial charge in [-0.15, -0.1) is 0 Å². The van der Waals surface area contributed by atoms with Gasteiger partial charge in [0.05, 0.1) is 12.7 Å². The lowest BCUT2D eigenvalue weighted by Crippen LogP contribution is -2.55. The van der Waals surface area contributed by atoms with E-state index in [0.717, 1.165) is 49.5 Å². The number of esters is 1. The summed E-state index contributed by atoms with van der Waals surface area (Å²) in [5.41, 5.74) is 0.828. The molecule has 0 aromatic rings. The van der Waals surface area contributed by atoms with Gasteiger partial charge in [-0.3, -0.25) is 4.79 Å². The van der Waals surface area contributed by atoms with Crippen molar-refractivity contribution in [2.24, 2.45) is 52.3 Å². The van der Waals surface area contributed by atoms with E-state index in [-0.39, 0.29) is 17.9 Å². The van der Waals surface area contributed by atoms with E-state index in [2.05, 4.69) is 27.7 Å². The molecule has 4 heteroatoms. The highest BCUT2D eigenvalue weighted by molar-refractivity contribution is 5.66. The molecule has 0 aromatic carbocycles. The van der Waals surface area contributed by atoms with Crippen molar-refractivity contribution in [3.05, 3.63) is 0 Å². The molecular formula is C29H46O4. The molecule has 12 atom stereocenters. The number of carbonyl (C=O) groups excluding carboxylic acids is 1. The molecule has 1 spiro atoms. The monoisotopic (exact) mass is 458 g/mol. The van der Waals surface area contributed by atoms with Gasteiger partial charge in [-0.05, 0) is 104 Å². The Bertz CT molecular complexity index is 786. The Morgan fingerprint density at radius 3 is 2.42 bits per heavy atom. The minimum atomic E-state index is -0.300. The molecule has 0 radical (unpaired) electrons. The van der Waals surface area contributed by atoms with E-state index in [1.165, 1.54) is 44.9 Å². The third-order valence-electron chi connectivity index (χ3n) is 12.2. The van der Waals surface area contributed by atoms with Crippen LogP contribution < -0.4 is 0 Å². The summed E-state index contributed by atoms with van der Waals surface area (Å²) in [5, 5.41) is 0. The summed E-state index contributed by atoms with van der Waals surface area (Å²) in [7, 11) is 0. The molecule has 4 saturated carbocycles. The predicted octanol–water partition coefficient (Wildman–Crippen LogP) is 6.36. The highest BCUT2D eigenvalue weighted by Crippen LogP contribution is 2.71. The van der Waals surface area contributed by atoms with Gasteiger partial charge in [0.25, 0.3) is 0 Å². The quantitative estimate of drug-likeness (QED) is 0.429. The molecule has 6 fully saturated rings. The van der Waals surface area contributed by atoms with Crippen molar-refractivity contribution in [2.45, 2.75) is 117 Å².